The van der Waals surface area contributed by atoms with Crippen molar-refractivity contribution in [1.29, 1.82) is 0 Å². The van der Waals surface area contributed by atoms with Crippen LogP contribution in [0.5, 0.6) is 0 Å². The summed E-state index contributed by atoms with van der Waals surface area (Å²) in [7, 11) is -0.0337. The molecule has 1 aromatic carbocycles. The molecule has 2 unspecified atom stereocenters. The van der Waals surface area contributed by atoms with E-state index in [1.807, 2.05) is 7.05 Å². The number of amides is 1. The molecule has 1 amide bonds. The largest absolute Gasteiger partial charge is 0.340 e. The Kier molecular flexibility index (Phi) is 6.59. The second-order valence-corrected chi connectivity index (χ2v) is 9.06. The molecule has 0 bridgehead atoms. The van der Waals surface area contributed by atoms with Crippen LogP contribution in [-0.4, -0.2) is 63.8 Å². The van der Waals surface area contributed by atoms with Crippen LogP contribution in [0.25, 0.3) is 0 Å². The molecule has 25 heavy (non-hydrogen) atoms. The zero-order valence-electron chi connectivity index (χ0n) is 15.5. The number of hydrogen-bond donors (Lipinski definition) is 1. The number of likely N-dealkylation sites (N-methyl/N-ethyl adjacent to an activating group) is 2. The number of hydrogen-bond acceptors (Lipinski definition) is 4. The Morgan fingerprint density at radius 2 is 1.92 bits per heavy atom. The van der Waals surface area contributed by atoms with E-state index in [0.29, 0.717) is 43.6 Å². The highest BCUT2D eigenvalue weighted by Gasteiger charge is 2.32. The average molecular weight is 368 g/mol. The molecule has 1 fully saturated rings. The third-order valence-corrected chi connectivity index (χ3v) is 6.43. The summed E-state index contributed by atoms with van der Waals surface area (Å²) in [6.07, 6.45) is 1.04. The highest BCUT2D eigenvalue weighted by Crippen LogP contribution is 2.27. The van der Waals surface area contributed by atoms with Crippen LogP contribution < -0.4 is 5.32 Å². The molecule has 2 atom stereocenters. The molecule has 1 saturated heterocycles. The molecule has 7 heteroatoms. The van der Waals surface area contributed by atoms with Gasteiger partial charge in [-0.05, 0) is 43.5 Å². The fourth-order valence-electron chi connectivity index (χ4n) is 3.34. The van der Waals surface area contributed by atoms with E-state index in [2.05, 4.69) is 19.2 Å². The fraction of sp³-hybridized carbons (Fsp3) is 0.611. The van der Waals surface area contributed by atoms with Crippen molar-refractivity contribution in [3.8, 4) is 0 Å². The van der Waals surface area contributed by atoms with Gasteiger partial charge in [0.1, 0.15) is 0 Å². The lowest BCUT2D eigenvalue weighted by Crippen LogP contribution is -2.42. The Labute approximate surface area is 151 Å². The highest BCUT2D eigenvalue weighted by molar-refractivity contribution is 7.89. The van der Waals surface area contributed by atoms with Gasteiger partial charge in [-0.2, -0.15) is 4.31 Å². The first kappa shape index (κ1) is 19.9. The van der Waals surface area contributed by atoms with Crippen molar-refractivity contribution in [2.24, 2.45) is 11.8 Å². The quantitative estimate of drug-likeness (QED) is 0.830. The Morgan fingerprint density at radius 1 is 1.28 bits per heavy atom. The second kappa shape index (κ2) is 8.29. The van der Waals surface area contributed by atoms with Crippen LogP contribution in [0.1, 0.15) is 30.6 Å². The van der Waals surface area contributed by atoms with Crippen LogP contribution in [0, 0.1) is 11.8 Å². The van der Waals surface area contributed by atoms with Crippen molar-refractivity contribution in [2.45, 2.75) is 25.2 Å². The predicted octanol–water partition coefficient (Wildman–Crippen LogP) is 1.64. The summed E-state index contributed by atoms with van der Waals surface area (Å²) in [5.41, 5.74) is 0.401. The summed E-state index contributed by atoms with van der Waals surface area (Å²) in [5, 5.41) is 3.00. The molecular formula is C18H29N3O3S. The van der Waals surface area contributed by atoms with Gasteiger partial charge in [-0.25, -0.2) is 8.42 Å². The maximum Gasteiger partial charge on any atom is 0.253 e. The normalized spacial score (nSPS) is 21.9. The lowest BCUT2D eigenvalue weighted by Gasteiger charge is -2.34. The first-order chi connectivity index (χ1) is 11.8. The van der Waals surface area contributed by atoms with Gasteiger partial charge >= 0.3 is 0 Å². The molecule has 0 aromatic heterocycles. The molecule has 1 heterocycles. The van der Waals surface area contributed by atoms with Gasteiger partial charge in [-0.3, -0.25) is 4.79 Å². The standard InChI is InChI=1S/C18H29N3O3S/c1-14-10-15(2)13-21(12-14)25(23,24)17-7-5-6-16(11-17)18(22)20(4)9-8-19-3/h5-7,11,14-15,19H,8-10,12-13H2,1-4H3. The van der Waals surface area contributed by atoms with Crippen molar-refractivity contribution in [3.05, 3.63) is 29.8 Å². The average Bonchev–Trinajstić information content (AvgIpc) is 2.58. The van der Waals surface area contributed by atoms with Gasteiger partial charge < -0.3 is 10.2 Å². The van der Waals surface area contributed by atoms with Crippen molar-refractivity contribution in [1.82, 2.24) is 14.5 Å². The van der Waals surface area contributed by atoms with Crippen LogP contribution in [0.2, 0.25) is 0 Å². The van der Waals surface area contributed by atoms with E-state index in [9.17, 15) is 13.2 Å². The van der Waals surface area contributed by atoms with Gasteiger partial charge in [0.05, 0.1) is 4.90 Å². The van der Waals surface area contributed by atoms with Gasteiger partial charge in [0.25, 0.3) is 5.91 Å². The molecule has 1 aliphatic rings. The zero-order valence-corrected chi connectivity index (χ0v) is 16.3. The van der Waals surface area contributed by atoms with Gasteiger partial charge in [0.2, 0.25) is 10.0 Å². The van der Waals surface area contributed by atoms with E-state index >= 15 is 0 Å². The molecule has 1 aromatic rings. The molecule has 1 N–H and O–H groups in total. The lowest BCUT2D eigenvalue weighted by molar-refractivity contribution is 0.0796. The second-order valence-electron chi connectivity index (χ2n) is 7.13. The van der Waals surface area contributed by atoms with Crippen LogP contribution in [0.4, 0.5) is 0 Å². The monoisotopic (exact) mass is 367 g/mol. The molecule has 0 aliphatic carbocycles. The maximum atomic E-state index is 13.0. The molecule has 2 rings (SSSR count). The maximum absolute atomic E-state index is 13.0. The minimum absolute atomic E-state index is 0.173. The fourth-order valence-corrected chi connectivity index (χ4v) is 5.07. The predicted molar refractivity (Wildman–Crippen MR) is 99.0 cm³/mol. The molecule has 0 radical (unpaired) electrons. The SMILES string of the molecule is CNCCN(C)C(=O)c1cccc(S(=O)(=O)N2CC(C)CC(C)C2)c1. The van der Waals surface area contributed by atoms with Crippen LogP contribution in [-0.2, 0) is 10.0 Å². The molecule has 0 spiro atoms. The Bertz CT molecular complexity index is 695. The van der Waals surface area contributed by atoms with E-state index in [1.165, 1.54) is 6.07 Å². The number of carbonyl (C=O) groups is 1. The third kappa shape index (κ3) is 4.80. The molecule has 6 nitrogen and oxygen atoms in total. The number of benzene rings is 1. The van der Waals surface area contributed by atoms with E-state index in [0.717, 1.165) is 6.42 Å². The van der Waals surface area contributed by atoms with Gasteiger partial charge in [-0.1, -0.05) is 19.9 Å². The number of piperidine rings is 1. The molecular weight excluding hydrogens is 338 g/mol. The Morgan fingerprint density at radius 3 is 2.52 bits per heavy atom. The molecule has 1 aliphatic heterocycles. The van der Waals surface area contributed by atoms with Crippen molar-refractivity contribution in [3.63, 3.8) is 0 Å². The van der Waals surface area contributed by atoms with Crippen LogP contribution in [0.3, 0.4) is 0 Å². The summed E-state index contributed by atoms with van der Waals surface area (Å²) in [6, 6.07) is 6.38. The minimum Gasteiger partial charge on any atom is -0.340 e. The Hall–Kier alpha value is -1.44. The number of nitrogens with one attached hydrogen (secondary N) is 1. The smallest absolute Gasteiger partial charge is 0.253 e. The van der Waals surface area contributed by atoms with E-state index in [4.69, 9.17) is 0 Å². The number of rotatable bonds is 6. The third-order valence-electron chi connectivity index (χ3n) is 4.60. The summed E-state index contributed by atoms with van der Waals surface area (Å²) >= 11 is 0. The lowest BCUT2D eigenvalue weighted by atomic mass is 9.94. The zero-order chi connectivity index (χ0) is 18.6. The summed E-state index contributed by atoms with van der Waals surface area (Å²) in [6.45, 7) is 6.47. The Balaban J connectivity index is 2.23. The first-order valence-electron chi connectivity index (χ1n) is 8.76. The van der Waals surface area contributed by atoms with Crippen molar-refractivity contribution in [2.75, 3.05) is 40.3 Å². The van der Waals surface area contributed by atoms with Crippen LogP contribution in [0.15, 0.2) is 29.2 Å². The number of carbonyl (C=O) groups excluding carboxylic acids is 1. The van der Waals surface area contributed by atoms with Crippen molar-refractivity contribution >= 4 is 15.9 Å². The van der Waals surface area contributed by atoms with Gasteiger partial charge in [0.15, 0.2) is 0 Å². The molecule has 140 valence electrons. The van der Waals surface area contributed by atoms with Crippen molar-refractivity contribution < 1.29 is 13.2 Å². The topological polar surface area (TPSA) is 69.7 Å². The first-order valence-corrected chi connectivity index (χ1v) is 10.2. The van der Waals surface area contributed by atoms with Gasteiger partial charge in [0, 0.05) is 38.8 Å². The number of sulfonamides is 1. The summed E-state index contributed by atoms with van der Waals surface area (Å²) < 4.78 is 27.5. The van der Waals surface area contributed by atoms with E-state index < -0.39 is 10.0 Å². The highest BCUT2D eigenvalue weighted by atomic mass is 32.2. The van der Waals surface area contributed by atoms with E-state index in [-0.39, 0.29) is 10.8 Å². The van der Waals surface area contributed by atoms with E-state index in [1.54, 1.807) is 34.5 Å². The van der Waals surface area contributed by atoms with Crippen LogP contribution >= 0.6 is 0 Å². The summed E-state index contributed by atoms with van der Waals surface area (Å²) in [4.78, 5) is 14.3. The minimum atomic E-state index is -3.58. The summed E-state index contributed by atoms with van der Waals surface area (Å²) in [5.74, 6) is 0.514. The molecule has 0 saturated carbocycles. The number of nitrogens with zero attached hydrogens (tertiary/aromatic N) is 2. The van der Waals surface area contributed by atoms with Gasteiger partial charge in [-0.15, -0.1) is 0 Å².